The fourth-order valence-corrected chi connectivity index (χ4v) is 6.74. The van der Waals surface area contributed by atoms with Crippen molar-refractivity contribution in [1.29, 1.82) is 0 Å². The first-order valence-corrected chi connectivity index (χ1v) is 11.1. The second-order valence-corrected chi connectivity index (χ2v) is 10.8. The van der Waals surface area contributed by atoms with Gasteiger partial charge in [0.25, 0.3) is 5.91 Å². The lowest BCUT2D eigenvalue weighted by Crippen LogP contribution is -2.59. The van der Waals surface area contributed by atoms with Crippen LogP contribution in [0.2, 0.25) is 0 Å². The first-order chi connectivity index (χ1) is 12.7. The zero-order valence-electron chi connectivity index (χ0n) is 17.4. The number of carbonyl (C=O) groups is 1. The highest BCUT2D eigenvalue weighted by atomic mass is 32.1. The molecule has 4 rings (SSSR count). The number of hydrogen-bond donors (Lipinski definition) is 0. The van der Waals surface area contributed by atoms with E-state index in [1.165, 1.54) is 6.42 Å². The number of nitrogens with zero attached hydrogens (tertiary/aromatic N) is 3. The monoisotopic (exact) mass is 391 g/mol. The molecule has 1 aromatic rings. The van der Waals surface area contributed by atoms with Crippen LogP contribution in [-0.4, -0.2) is 66.6 Å². The number of likely N-dealkylation sites (tertiary alicyclic amines) is 1. The van der Waals surface area contributed by atoms with Crippen molar-refractivity contribution in [1.82, 2.24) is 14.8 Å². The third-order valence-electron chi connectivity index (χ3n) is 6.83. The molecule has 0 N–H and O–H groups in total. The Hall–Kier alpha value is -0.980. The van der Waals surface area contributed by atoms with Gasteiger partial charge in [-0.1, -0.05) is 27.7 Å². The smallest absolute Gasteiger partial charge is 0.265 e. The second kappa shape index (κ2) is 6.82. The van der Waals surface area contributed by atoms with Crippen LogP contribution in [0.5, 0.6) is 0 Å². The number of rotatable bonds is 4. The minimum Gasteiger partial charge on any atom is -0.379 e. The fraction of sp³-hybridized carbons (Fsp3) is 0.810. The highest BCUT2D eigenvalue weighted by Gasteiger charge is 2.63. The molecule has 1 amide bonds. The van der Waals surface area contributed by atoms with E-state index in [1.54, 1.807) is 11.3 Å². The zero-order chi connectivity index (χ0) is 19.4. The Balaban J connectivity index is 1.53. The number of amides is 1. The SMILES string of the molecule is Cc1nc(C(C)C)sc1C(=O)N1C[C@@H]2C(C)(C)C[C@]2(CN2CCOCC2)C1. The van der Waals surface area contributed by atoms with E-state index in [0.29, 0.717) is 17.3 Å². The quantitative estimate of drug-likeness (QED) is 0.789. The lowest BCUT2D eigenvalue weighted by atomic mass is 9.48. The molecule has 6 heteroatoms. The van der Waals surface area contributed by atoms with Crippen LogP contribution in [-0.2, 0) is 4.74 Å². The van der Waals surface area contributed by atoms with Crippen molar-refractivity contribution in [3.63, 3.8) is 0 Å². The summed E-state index contributed by atoms with van der Waals surface area (Å²) in [4.78, 5) is 23.5. The molecule has 1 aliphatic carbocycles. The van der Waals surface area contributed by atoms with Crippen molar-refractivity contribution in [2.24, 2.45) is 16.7 Å². The average Bonchev–Trinajstić information content (AvgIpc) is 3.14. The van der Waals surface area contributed by atoms with Gasteiger partial charge in [0.2, 0.25) is 0 Å². The summed E-state index contributed by atoms with van der Waals surface area (Å²) < 4.78 is 5.52. The van der Waals surface area contributed by atoms with Gasteiger partial charge < -0.3 is 9.64 Å². The normalized spacial score (nSPS) is 30.4. The lowest BCUT2D eigenvalue weighted by molar-refractivity contribution is -0.0966. The Bertz CT molecular complexity index is 723. The Morgan fingerprint density at radius 3 is 2.63 bits per heavy atom. The molecule has 1 saturated carbocycles. The van der Waals surface area contributed by atoms with Crippen LogP contribution < -0.4 is 0 Å². The Morgan fingerprint density at radius 1 is 1.33 bits per heavy atom. The highest BCUT2D eigenvalue weighted by molar-refractivity contribution is 7.13. The van der Waals surface area contributed by atoms with Gasteiger partial charge in [0.05, 0.1) is 23.9 Å². The molecule has 0 bridgehead atoms. The van der Waals surface area contributed by atoms with E-state index in [0.717, 1.165) is 61.5 Å². The van der Waals surface area contributed by atoms with Crippen molar-refractivity contribution >= 4 is 17.2 Å². The van der Waals surface area contributed by atoms with E-state index in [4.69, 9.17) is 4.74 Å². The topological polar surface area (TPSA) is 45.7 Å². The number of carbonyl (C=O) groups excluding carboxylic acids is 1. The summed E-state index contributed by atoms with van der Waals surface area (Å²) in [6, 6.07) is 0. The van der Waals surface area contributed by atoms with E-state index in [2.05, 4.69) is 42.5 Å². The zero-order valence-corrected chi connectivity index (χ0v) is 18.2. The molecule has 2 saturated heterocycles. The van der Waals surface area contributed by atoms with Crippen LogP contribution in [0.25, 0.3) is 0 Å². The van der Waals surface area contributed by atoms with Crippen LogP contribution in [0.4, 0.5) is 0 Å². The summed E-state index contributed by atoms with van der Waals surface area (Å²) in [6.45, 7) is 17.6. The molecule has 0 aromatic carbocycles. The standard InChI is InChI=1S/C21H33N3O2S/c1-14(2)18-22-15(3)17(27-18)19(25)24-10-16-20(4,5)11-21(16,13-24)12-23-6-8-26-9-7-23/h14,16H,6-13H2,1-5H3/t16-,21+/m1/s1. The van der Waals surface area contributed by atoms with Crippen molar-refractivity contribution in [3.8, 4) is 0 Å². The molecule has 2 atom stereocenters. The number of morpholine rings is 1. The average molecular weight is 392 g/mol. The molecule has 27 heavy (non-hydrogen) atoms. The molecule has 2 aliphatic heterocycles. The summed E-state index contributed by atoms with van der Waals surface area (Å²) in [5.41, 5.74) is 1.48. The molecule has 0 spiro atoms. The first-order valence-electron chi connectivity index (χ1n) is 10.3. The van der Waals surface area contributed by atoms with Crippen molar-refractivity contribution in [2.75, 3.05) is 45.9 Å². The summed E-state index contributed by atoms with van der Waals surface area (Å²) in [5, 5.41) is 1.07. The predicted molar refractivity (Wildman–Crippen MR) is 108 cm³/mol. The largest absolute Gasteiger partial charge is 0.379 e. The molecule has 150 valence electrons. The Labute approximate surface area is 167 Å². The van der Waals surface area contributed by atoms with Crippen LogP contribution in [0.1, 0.15) is 60.4 Å². The summed E-state index contributed by atoms with van der Waals surface area (Å²) in [7, 11) is 0. The second-order valence-electron chi connectivity index (χ2n) is 9.78. The number of fused-ring (bicyclic) bond motifs is 1. The Kier molecular flexibility index (Phi) is 4.88. The summed E-state index contributed by atoms with van der Waals surface area (Å²) in [6.07, 6.45) is 1.21. The van der Waals surface area contributed by atoms with Gasteiger partial charge in [0.15, 0.2) is 0 Å². The van der Waals surface area contributed by atoms with Crippen LogP contribution in [0.15, 0.2) is 0 Å². The van der Waals surface area contributed by atoms with Crippen molar-refractivity contribution in [3.05, 3.63) is 15.6 Å². The van der Waals surface area contributed by atoms with E-state index in [1.807, 2.05) is 6.92 Å². The fourth-order valence-electron chi connectivity index (χ4n) is 5.71. The van der Waals surface area contributed by atoms with Gasteiger partial charge in [-0.3, -0.25) is 9.69 Å². The first kappa shape index (κ1) is 19.3. The summed E-state index contributed by atoms with van der Waals surface area (Å²) in [5.74, 6) is 1.16. The number of hydrogen-bond acceptors (Lipinski definition) is 5. The van der Waals surface area contributed by atoms with E-state index in [9.17, 15) is 4.79 Å². The number of ether oxygens (including phenoxy) is 1. The molecular weight excluding hydrogens is 358 g/mol. The molecule has 3 heterocycles. The van der Waals surface area contributed by atoms with E-state index < -0.39 is 0 Å². The molecular formula is C21H33N3O2S. The third-order valence-corrected chi connectivity index (χ3v) is 8.28. The number of thiazole rings is 1. The van der Waals surface area contributed by atoms with E-state index >= 15 is 0 Å². The van der Waals surface area contributed by atoms with Gasteiger partial charge in [-0.05, 0) is 24.7 Å². The molecule has 1 aromatic heterocycles. The van der Waals surface area contributed by atoms with Crippen LogP contribution in [0.3, 0.4) is 0 Å². The molecule has 0 unspecified atom stereocenters. The molecule has 5 nitrogen and oxygen atoms in total. The van der Waals surface area contributed by atoms with Gasteiger partial charge in [-0.2, -0.15) is 0 Å². The minimum absolute atomic E-state index is 0.198. The number of aromatic nitrogens is 1. The van der Waals surface area contributed by atoms with Gasteiger partial charge in [0, 0.05) is 44.1 Å². The Morgan fingerprint density at radius 2 is 2.04 bits per heavy atom. The maximum atomic E-state index is 13.3. The third kappa shape index (κ3) is 3.34. The summed E-state index contributed by atoms with van der Waals surface area (Å²) >= 11 is 1.59. The van der Waals surface area contributed by atoms with Crippen LogP contribution >= 0.6 is 11.3 Å². The minimum atomic E-state index is 0.198. The van der Waals surface area contributed by atoms with Gasteiger partial charge in [-0.15, -0.1) is 11.3 Å². The predicted octanol–water partition coefficient (Wildman–Crippen LogP) is 3.40. The van der Waals surface area contributed by atoms with Gasteiger partial charge in [-0.25, -0.2) is 4.98 Å². The van der Waals surface area contributed by atoms with Gasteiger partial charge >= 0.3 is 0 Å². The van der Waals surface area contributed by atoms with Crippen LogP contribution in [0, 0.1) is 23.7 Å². The molecule has 3 aliphatic rings. The maximum absolute atomic E-state index is 13.3. The van der Waals surface area contributed by atoms with E-state index in [-0.39, 0.29) is 11.3 Å². The molecule has 3 fully saturated rings. The number of aryl methyl sites for hydroxylation is 1. The molecule has 0 radical (unpaired) electrons. The van der Waals surface area contributed by atoms with Crippen molar-refractivity contribution in [2.45, 2.75) is 47.0 Å². The lowest BCUT2D eigenvalue weighted by Gasteiger charge is -2.58. The highest BCUT2D eigenvalue weighted by Crippen LogP contribution is 2.63. The van der Waals surface area contributed by atoms with Crippen molar-refractivity contribution < 1.29 is 9.53 Å². The maximum Gasteiger partial charge on any atom is 0.265 e. The van der Waals surface area contributed by atoms with Gasteiger partial charge in [0.1, 0.15) is 4.88 Å².